The molecule has 2 aliphatic heterocycles. The van der Waals surface area contributed by atoms with Crippen molar-refractivity contribution in [2.24, 2.45) is 5.92 Å². The topological polar surface area (TPSA) is 41.5 Å². The van der Waals surface area contributed by atoms with E-state index in [1.165, 1.54) is 23.4 Å². The first-order chi connectivity index (χ1) is 12.2. The average Bonchev–Trinajstić information content (AvgIpc) is 3.09. The lowest BCUT2D eigenvalue weighted by molar-refractivity contribution is -0.183. The van der Waals surface area contributed by atoms with Gasteiger partial charge in [-0.05, 0) is 37.4 Å². The summed E-state index contributed by atoms with van der Waals surface area (Å²) in [7, 11) is 2.19. The maximum Gasteiger partial charge on any atom is 0.107 e. The summed E-state index contributed by atoms with van der Waals surface area (Å²) in [6, 6.07) is 4.14. The van der Waals surface area contributed by atoms with E-state index in [-0.39, 0.29) is 5.60 Å². The molecule has 0 bridgehead atoms. The number of nitrogens with zero attached hydrogens (tertiary/aromatic N) is 4. The molecule has 0 amide bonds. The zero-order chi connectivity index (χ0) is 17.1. The second-order valence-electron chi connectivity index (χ2n) is 7.53. The van der Waals surface area contributed by atoms with Crippen LogP contribution in [0.5, 0.6) is 0 Å². The Kier molecular flexibility index (Phi) is 5.12. The van der Waals surface area contributed by atoms with Gasteiger partial charge in [0, 0.05) is 50.1 Å². The Hall–Kier alpha value is -1.34. The van der Waals surface area contributed by atoms with Crippen molar-refractivity contribution in [2.45, 2.75) is 31.5 Å². The fourth-order valence-corrected chi connectivity index (χ4v) is 4.68. The molecule has 4 rings (SSSR count). The minimum atomic E-state index is 0.121. The van der Waals surface area contributed by atoms with E-state index in [4.69, 9.17) is 4.74 Å². The zero-order valence-electron chi connectivity index (χ0n) is 14.8. The molecule has 0 aliphatic carbocycles. The molecule has 134 valence electrons. The normalized spacial score (nSPS) is 23.0. The number of aromatic nitrogens is 2. The monoisotopic (exact) mass is 358 g/mol. The molecule has 0 aromatic carbocycles. The Labute approximate surface area is 153 Å². The third kappa shape index (κ3) is 4.26. The molecule has 25 heavy (non-hydrogen) atoms. The van der Waals surface area contributed by atoms with Crippen LogP contribution in [0.1, 0.15) is 23.4 Å². The van der Waals surface area contributed by atoms with E-state index in [9.17, 15) is 0 Å². The molecule has 4 heterocycles. The molecule has 0 unspecified atom stereocenters. The summed E-state index contributed by atoms with van der Waals surface area (Å²) in [5, 5.41) is 3.26. The number of ether oxygens (including phenoxy) is 1. The Morgan fingerprint density at radius 1 is 1.40 bits per heavy atom. The second-order valence-corrected chi connectivity index (χ2v) is 8.51. The largest absolute Gasteiger partial charge is 0.372 e. The Morgan fingerprint density at radius 3 is 3.00 bits per heavy atom. The van der Waals surface area contributed by atoms with E-state index in [2.05, 4.69) is 38.3 Å². The van der Waals surface area contributed by atoms with E-state index in [1.54, 1.807) is 11.3 Å². The Bertz CT molecular complexity index is 647. The van der Waals surface area contributed by atoms with Gasteiger partial charge in [0.05, 0.1) is 18.8 Å². The molecule has 5 nitrogen and oxygen atoms in total. The molecule has 0 saturated carbocycles. The summed E-state index contributed by atoms with van der Waals surface area (Å²) in [6.45, 7) is 6.03. The van der Waals surface area contributed by atoms with Gasteiger partial charge in [-0.15, -0.1) is 11.3 Å². The smallest absolute Gasteiger partial charge is 0.107 e. The number of rotatable bonds is 6. The van der Waals surface area contributed by atoms with Crippen molar-refractivity contribution in [3.63, 3.8) is 0 Å². The van der Waals surface area contributed by atoms with Crippen LogP contribution in [-0.2, 0) is 17.8 Å². The predicted octanol–water partition coefficient (Wildman–Crippen LogP) is 2.65. The molecular formula is C19H26N4OS. The van der Waals surface area contributed by atoms with Crippen LogP contribution in [0.15, 0.2) is 36.1 Å². The van der Waals surface area contributed by atoms with Gasteiger partial charge in [-0.2, -0.15) is 0 Å². The van der Waals surface area contributed by atoms with Gasteiger partial charge in [-0.3, -0.25) is 9.88 Å². The molecule has 6 heteroatoms. The van der Waals surface area contributed by atoms with E-state index < -0.39 is 0 Å². The number of hydrogen-bond donors (Lipinski definition) is 0. The maximum absolute atomic E-state index is 6.32. The standard InChI is InChI=1S/C19H26N4OS/c1-22(10-16-3-2-6-20-9-16)11-17-4-5-19(24-13-17)14-23(15-19)12-18-21-7-8-25-18/h2-3,6-9,17H,4-5,10-15H2,1H3/t17-/m0/s1. The van der Waals surface area contributed by atoms with Crippen LogP contribution < -0.4 is 0 Å². The molecule has 2 saturated heterocycles. The van der Waals surface area contributed by atoms with Gasteiger partial charge in [-0.25, -0.2) is 4.98 Å². The molecule has 1 atom stereocenters. The van der Waals surface area contributed by atoms with Gasteiger partial charge in [-0.1, -0.05) is 6.07 Å². The van der Waals surface area contributed by atoms with E-state index >= 15 is 0 Å². The van der Waals surface area contributed by atoms with Crippen LogP contribution in [-0.4, -0.2) is 58.7 Å². The van der Waals surface area contributed by atoms with Crippen LogP contribution >= 0.6 is 11.3 Å². The Balaban J connectivity index is 1.19. The summed E-state index contributed by atoms with van der Waals surface area (Å²) in [6.07, 6.45) is 8.12. The SMILES string of the molecule is CN(Cc1cccnc1)C[C@@H]1CCC2(CN(Cc3nccs3)C2)OC1. The highest BCUT2D eigenvalue weighted by Crippen LogP contribution is 2.37. The lowest BCUT2D eigenvalue weighted by Crippen LogP contribution is -2.64. The van der Waals surface area contributed by atoms with Crippen molar-refractivity contribution in [1.82, 2.24) is 19.8 Å². The number of pyridine rings is 1. The van der Waals surface area contributed by atoms with Gasteiger partial charge < -0.3 is 9.64 Å². The van der Waals surface area contributed by atoms with Crippen molar-refractivity contribution in [2.75, 3.05) is 33.3 Å². The quantitative estimate of drug-likeness (QED) is 0.794. The van der Waals surface area contributed by atoms with Gasteiger partial charge in [0.25, 0.3) is 0 Å². The average molecular weight is 359 g/mol. The van der Waals surface area contributed by atoms with E-state index in [0.717, 1.165) is 39.3 Å². The van der Waals surface area contributed by atoms with Crippen LogP contribution in [0.4, 0.5) is 0 Å². The molecule has 2 aliphatic rings. The van der Waals surface area contributed by atoms with Gasteiger partial charge in [0.2, 0.25) is 0 Å². The minimum Gasteiger partial charge on any atom is -0.372 e. The van der Waals surface area contributed by atoms with Crippen molar-refractivity contribution >= 4 is 11.3 Å². The van der Waals surface area contributed by atoms with Crippen molar-refractivity contribution in [1.29, 1.82) is 0 Å². The fourth-order valence-electron chi connectivity index (χ4n) is 4.02. The highest BCUT2D eigenvalue weighted by atomic mass is 32.1. The summed E-state index contributed by atoms with van der Waals surface area (Å²) in [5.74, 6) is 0.639. The second kappa shape index (κ2) is 7.50. The molecule has 2 aromatic heterocycles. The molecule has 2 aromatic rings. The first kappa shape index (κ1) is 17.1. The van der Waals surface area contributed by atoms with E-state index in [0.29, 0.717) is 5.92 Å². The molecule has 0 N–H and O–H groups in total. The molecule has 2 fully saturated rings. The molecular weight excluding hydrogens is 332 g/mol. The molecule has 0 radical (unpaired) electrons. The van der Waals surface area contributed by atoms with E-state index in [1.807, 2.05) is 24.7 Å². The lowest BCUT2D eigenvalue weighted by Gasteiger charge is -2.53. The summed E-state index contributed by atoms with van der Waals surface area (Å²) >= 11 is 1.74. The summed E-state index contributed by atoms with van der Waals surface area (Å²) < 4.78 is 6.32. The third-order valence-corrected chi connectivity index (χ3v) is 6.01. The van der Waals surface area contributed by atoms with Gasteiger partial charge >= 0.3 is 0 Å². The first-order valence-electron chi connectivity index (χ1n) is 9.03. The number of likely N-dealkylation sites (tertiary alicyclic amines) is 1. The van der Waals surface area contributed by atoms with Crippen LogP contribution in [0.2, 0.25) is 0 Å². The Morgan fingerprint density at radius 2 is 2.32 bits per heavy atom. The van der Waals surface area contributed by atoms with Crippen LogP contribution in [0.3, 0.4) is 0 Å². The summed E-state index contributed by atoms with van der Waals surface area (Å²) in [5.41, 5.74) is 1.39. The first-order valence-corrected chi connectivity index (χ1v) is 9.91. The molecule has 1 spiro atoms. The van der Waals surface area contributed by atoms with Crippen molar-refractivity contribution < 1.29 is 4.74 Å². The highest BCUT2D eigenvalue weighted by molar-refractivity contribution is 7.09. The maximum atomic E-state index is 6.32. The van der Waals surface area contributed by atoms with Gasteiger partial charge in [0.15, 0.2) is 0 Å². The van der Waals surface area contributed by atoms with Gasteiger partial charge in [0.1, 0.15) is 5.01 Å². The lowest BCUT2D eigenvalue weighted by atomic mass is 9.83. The number of hydrogen-bond acceptors (Lipinski definition) is 6. The minimum absolute atomic E-state index is 0.121. The fraction of sp³-hybridized carbons (Fsp3) is 0.579. The zero-order valence-corrected chi connectivity index (χ0v) is 15.6. The van der Waals surface area contributed by atoms with Crippen molar-refractivity contribution in [3.8, 4) is 0 Å². The summed E-state index contributed by atoms with van der Waals surface area (Å²) in [4.78, 5) is 13.4. The highest BCUT2D eigenvalue weighted by Gasteiger charge is 2.46. The van der Waals surface area contributed by atoms with Crippen molar-refractivity contribution in [3.05, 3.63) is 46.7 Å². The number of thiazole rings is 1. The predicted molar refractivity (Wildman–Crippen MR) is 99.4 cm³/mol. The third-order valence-electron chi connectivity index (χ3n) is 5.24. The van der Waals surface area contributed by atoms with Crippen LogP contribution in [0.25, 0.3) is 0 Å². The van der Waals surface area contributed by atoms with Crippen LogP contribution in [0, 0.1) is 5.92 Å².